The van der Waals surface area contributed by atoms with Crippen molar-refractivity contribution in [3.8, 4) is 6.07 Å². The highest BCUT2D eigenvalue weighted by Gasteiger charge is 2.40. The molecule has 0 amide bonds. The molecule has 2 rings (SSSR count). The molecule has 84 valence electrons. The van der Waals surface area contributed by atoms with Gasteiger partial charge in [0.2, 0.25) is 0 Å². The molecule has 1 aliphatic rings. The van der Waals surface area contributed by atoms with E-state index in [4.69, 9.17) is 5.26 Å². The minimum absolute atomic E-state index is 0.0562. The molecule has 1 aliphatic heterocycles. The Kier molecular flexibility index (Phi) is 2.56. The zero-order chi connectivity index (χ0) is 11.8. The van der Waals surface area contributed by atoms with Crippen molar-refractivity contribution in [1.29, 1.82) is 5.26 Å². The van der Waals surface area contributed by atoms with Gasteiger partial charge in [0.05, 0.1) is 11.3 Å². The second-order valence-corrected chi connectivity index (χ2v) is 4.18. The number of anilines is 1. The number of β-amino-alcohol motifs (C(OH)–C–C–N with tert-alkyl or cyclic N) is 1. The molecule has 0 aromatic heterocycles. The van der Waals surface area contributed by atoms with E-state index in [0.717, 1.165) is 0 Å². The summed E-state index contributed by atoms with van der Waals surface area (Å²) in [5, 5.41) is 18.7. The van der Waals surface area contributed by atoms with Crippen LogP contribution in [0.3, 0.4) is 0 Å². The molecular formula is C12H13FN2O. The Hall–Kier alpha value is -1.60. The highest BCUT2D eigenvalue weighted by Crippen LogP contribution is 2.32. The van der Waals surface area contributed by atoms with Gasteiger partial charge in [-0.25, -0.2) is 4.39 Å². The molecule has 0 spiro atoms. The standard InChI is InChI=1S/C12H13FN2O/c1-2-12(16)7-15(8-12)11-5-3-4-10(13)9(11)6-14/h3-5,16H,2,7-8H2,1H3. The van der Waals surface area contributed by atoms with E-state index in [9.17, 15) is 9.50 Å². The first kappa shape index (κ1) is 10.9. The quantitative estimate of drug-likeness (QED) is 0.824. The summed E-state index contributed by atoms with van der Waals surface area (Å²) in [6.07, 6.45) is 0.667. The van der Waals surface area contributed by atoms with Crippen molar-refractivity contribution in [2.45, 2.75) is 18.9 Å². The average Bonchev–Trinajstić information content (AvgIpc) is 2.24. The Morgan fingerprint density at radius 3 is 2.81 bits per heavy atom. The van der Waals surface area contributed by atoms with E-state index in [1.165, 1.54) is 6.07 Å². The van der Waals surface area contributed by atoms with Crippen LogP contribution in [-0.4, -0.2) is 23.8 Å². The molecule has 1 heterocycles. The van der Waals surface area contributed by atoms with Crippen LogP contribution in [0.1, 0.15) is 18.9 Å². The third-order valence-electron chi connectivity index (χ3n) is 3.07. The van der Waals surface area contributed by atoms with Gasteiger partial charge in [-0.3, -0.25) is 0 Å². The van der Waals surface area contributed by atoms with Crippen molar-refractivity contribution >= 4 is 5.69 Å². The van der Waals surface area contributed by atoms with Crippen LogP contribution in [0, 0.1) is 17.1 Å². The molecule has 1 aromatic carbocycles. The van der Waals surface area contributed by atoms with Crippen LogP contribution in [0.15, 0.2) is 18.2 Å². The van der Waals surface area contributed by atoms with Crippen LogP contribution in [0.2, 0.25) is 0 Å². The van der Waals surface area contributed by atoms with E-state index < -0.39 is 11.4 Å². The fourth-order valence-electron chi connectivity index (χ4n) is 1.95. The second-order valence-electron chi connectivity index (χ2n) is 4.18. The summed E-state index contributed by atoms with van der Waals surface area (Å²) in [5.41, 5.74) is -0.0553. The van der Waals surface area contributed by atoms with Crippen LogP contribution in [0.25, 0.3) is 0 Å². The molecule has 0 radical (unpaired) electrons. The Balaban J connectivity index is 2.25. The fraction of sp³-hybridized carbons (Fsp3) is 0.417. The molecule has 1 aromatic rings. The van der Waals surface area contributed by atoms with E-state index in [-0.39, 0.29) is 5.56 Å². The summed E-state index contributed by atoms with van der Waals surface area (Å²) >= 11 is 0. The van der Waals surface area contributed by atoms with Crippen LogP contribution < -0.4 is 4.90 Å². The van der Waals surface area contributed by atoms with Crippen LogP contribution >= 0.6 is 0 Å². The summed E-state index contributed by atoms with van der Waals surface area (Å²) in [6.45, 7) is 2.83. The first-order valence-electron chi connectivity index (χ1n) is 5.25. The summed E-state index contributed by atoms with van der Waals surface area (Å²) in [4.78, 5) is 1.82. The third-order valence-corrected chi connectivity index (χ3v) is 3.07. The molecule has 4 heteroatoms. The molecular weight excluding hydrogens is 207 g/mol. The SMILES string of the molecule is CCC1(O)CN(c2cccc(F)c2C#N)C1. The second kappa shape index (κ2) is 3.76. The monoisotopic (exact) mass is 220 g/mol. The maximum atomic E-state index is 13.3. The van der Waals surface area contributed by atoms with Crippen LogP contribution in [-0.2, 0) is 0 Å². The summed E-state index contributed by atoms with van der Waals surface area (Å²) in [7, 11) is 0. The van der Waals surface area contributed by atoms with Gasteiger partial charge < -0.3 is 10.0 Å². The minimum Gasteiger partial charge on any atom is -0.386 e. The van der Waals surface area contributed by atoms with Gasteiger partial charge in [-0.15, -0.1) is 0 Å². The van der Waals surface area contributed by atoms with E-state index in [2.05, 4.69) is 0 Å². The topological polar surface area (TPSA) is 47.3 Å². The number of rotatable bonds is 2. The fourth-order valence-corrected chi connectivity index (χ4v) is 1.95. The Morgan fingerprint density at radius 2 is 2.25 bits per heavy atom. The predicted molar refractivity (Wildman–Crippen MR) is 58.6 cm³/mol. The number of benzene rings is 1. The van der Waals surface area contributed by atoms with Crippen LogP contribution in [0.5, 0.6) is 0 Å². The number of aliphatic hydroxyl groups is 1. The molecule has 1 N–H and O–H groups in total. The number of halogens is 1. The van der Waals surface area contributed by atoms with Gasteiger partial charge in [0.1, 0.15) is 17.4 Å². The van der Waals surface area contributed by atoms with Gasteiger partial charge in [-0.2, -0.15) is 5.26 Å². The summed E-state index contributed by atoms with van der Waals surface area (Å²) in [6, 6.07) is 6.42. The zero-order valence-electron chi connectivity index (χ0n) is 9.07. The Bertz CT molecular complexity index is 447. The maximum Gasteiger partial charge on any atom is 0.143 e. The number of nitriles is 1. The van der Waals surface area contributed by atoms with Crippen molar-refractivity contribution in [2.24, 2.45) is 0 Å². The highest BCUT2D eigenvalue weighted by atomic mass is 19.1. The van der Waals surface area contributed by atoms with Crippen molar-refractivity contribution < 1.29 is 9.50 Å². The van der Waals surface area contributed by atoms with Gasteiger partial charge in [0, 0.05) is 13.1 Å². The van der Waals surface area contributed by atoms with E-state index in [1.54, 1.807) is 12.1 Å². The maximum absolute atomic E-state index is 13.3. The normalized spacial score (nSPS) is 17.8. The van der Waals surface area contributed by atoms with E-state index in [1.807, 2.05) is 17.9 Å². The summed E-state index contributed by atoms with van der Waals surface area (Å²) in [5.74, 6) is -0.507. The molecule has 1 saturated heterocycles. The lowest BCUT2D eigenvalue weighted by Gasteiger charge is -2.47. The number of hydrogen-bond donors (Lipinski definition) is 1. The largest absolute Gasteiger partial charge is 0.386 e. The molecule has 1 fully saturated rings. The molecule has 3 nitrogen and oxygen atoms in total. The van der Waals surface area contributed by atoms with Gasteiger partial charge in [-0.05, 0) is 18.6 Å². The molecule has 0 bridgehead atoms. The predicted octanol–water partition coefficient (Wildman–Crippen LogP) is 1.66. The Morgan fingerprint density at radius 1 is 1.56 bits per heavy atom. The van der Waals surface area contributed by atoms with Gasteiger partial charge in [0.25, 0.3) is 0 Å². The van der Waals surface area contributed by atoms with Crippen LogP contribution in [0.4, 0.5) is 10.1 Å². The lowest BCUT2D eigenvalue weighted by molar-refractivity contribution is 0.00847. The smallest absolute Gasteiger partial charge is 0.143 e. The molecule has 0 unspecified atom stereocenters. The first-order chi connectivity index (χ1) is 7.59. The summed E-state index contributed by atoms with van der Waals surface area (Å²) < 4.78 is 13.3. The molecule has 0 aliphatic carbocycles. The Labute approximate surface area is 93.7 Å². The van der Waals surface area contributed by atoms with Crippen molar-refractivity contribution in [3.05, 3.63) is 29.6 Å². The lowest BCUT2D eigenvalue weighted by Crippen LogP contribution is -2.61. The highest BCUT2D eigenvalue weighted by molar-refractivity contribution is 5.62. The van der Waals surface area contributed by atoms with E-state index in [0.29, 0.717) is 25.2 Å². The van der Waals surface area contributed by atoms with Crippen molar-refractivity contribution in [2.75, 3.05) is 18.0 Å². The average molecular weight is 220 g/mol. The number of hydrogen-bond acceptors (Lipinski definition) is 3. The first-order valence-corrected chi connectivity index (χ1v) is 5.25. The lowest BCUT2D eigenvalue weighted by atomic mass is 9.90. The number of nitrogens with zero attached hydrogens (tertiary/aromatic N) is 2. The molecule has 16 heavy (non-hydrogen) atoms. The third kappa shape index (κ3) is 1.63. The van der Waals surface area contributed by atoms with Crippen molar-refractivity contribution in [3.63, 3.8) is 0 Å². The van der Waals surface area contributed by atoms with E-state index >= 15 is 0 Å². The minimum atomic E-state index is -0.682. The van der Waals surface area contributed by atoms with Gasteiger partial charge in [-0.1, -0.05) is 13.0 Å². The van der Waals surface area contributed by atoms with Gasteiger partial charge >= 0.3 is 0 Å². The molecule has 0 saturated carbocycles. The van der Waals surface area contributed by atoms with Gasteiger partial charge in [0.15, 0.2) is 0 Å². The zero-order valence-corrected chi connectivity index (χ0v) is 9.07. The van der Waals surface area contributed by atoms with Crippen molar-refractivity contribution in [1.82, 2.24) is 0 Å². The molecule has 0 atom stereocenters.